The van der Waals surface area contributed by atoms with E-state index in [4.69, 9.17) is 4.74 Å². The second-order valence-electron chi connectivity index (χ2n) is 8.28. The van der Waals surface area contributed by atoms with Crippen molar-refractivity contribution in [2.24, 2.45) is 0 Å². The highest BCUT2D eigenvalue weighted by Gasteiger charge is 2.31. The second kappa shape index (κ2) is 11.8. The Morgan fingerprint density at radius 2 is 1.36 bits per heavy atom. The molecule has 0 aliphatic carbocycles. The van der Waals surface area contributed by atoms with Crippen LogP contribution in [-0.2, 0) is 16.0 Å². The largest absolute Gasteiger partial charge is 0.355 e. The standard InChI is InChI=1S/C29H29NO2.ClH/c1-30(2)29(32-20-19-22-11-5-3-6-12-22)28(31)27(24-14-7-4-8-15-24)26-18-17-23-13-9-10-16-25(23)21-26;/h3-18,21,27,29H,19-20H2,1-2H3;1H. The first-order valence-corrected chi connectivity index (χ1v) is 11.0. The maximum Gasteiger partial charge on any atom is 0.188 e. The van der Waals surface area contributed by atoms with Crippen molar-refractivity contribution in [1.29, 1.82) is 0 Å². The number of fused-ring (bicyclic) bond motifs is 1. The van der Waals surface area contributed by atoms with Crippen molar-refractivity contribution in [3.05, 3.63) is 120 Å². The zero-order valence-corrected chi connectivity index (χ0v) is 19.9. The Morgan fingerprint density at radius 3 is 2.03 bits per heavy atom. The van der Waals surface area contributed by atoms with Gasteiger partial charge in [0.15, 0.2) is 12.0 Å². The highest BCUT2D eigenvalue weighted by atomic mass is 35.5. The van der Waals surface area contributed by atoms with E-state index in [1.807, 2.05) is 79.7 Å². The summed E-state index contributed by atoms with van der Waals surface area (Å²) in [5.74, 6) is -0.352. The van der Waals surface area contributed by atoms with Gasteiger partial charge in [0.2, 0.25) is 0 Å². The summed E-state index contributed by atoms with van der Waals surface area (Å²) < 4.78 is 6.16. The lowest BCUT2D eigenvalue weighted by atomic mass is 9.85. The molecular formula is C29H30ClNO2. The molecule has 0 aliphatic rings. The van der Waals surface area contributed by atoms with Crippen molar-refractivity contribution in [3.8, 4) is 0 Å². The molecule has 0 aromatic heterocycles. The zero-order valence-electron chi connectivity index (χ0n) is 19.1. The molecule has 4 heteroatoms. The zero-order chi connectivity index (χ0) is 22.3. The SMILES string of the molecule is CN(C)C(OCCc1ccccc1)C(=O)C(c1ccccc1)c1ccc2ccccc2c1.Cl. The molecule has 0 spiro atoms. The van der Waals surface area contributed by atoms with Gasteiger partial charge in [-0.3, -0.25) is 9.69 Å². The van der Waals surface area contributed by atoms with Crippen molar-refractivity contribution in [1.82, 2.24) is 4.90 Å². The first-order chi connectivity index (χ1) is 15.6. The Balaban J connectivity index is 0.00000306. The number of carbonyl (C=O) groups excluding carboxylic acids is 1. The molecule has 0 N–H and O–H groups in total. The molecule has 0 bridgehead atoms. The van der Waals surface area contributed by atoms with Gasteiger partial charge < -0.3 is 4.74 Å². The molecular weight excluding hydrogens is 430 g/mol. The number of hydrogen-bond acceptors (Lipinski definition) is 3. The molecule has 0 saturated heterocycles. The van der Waals surface area contributed by atoms with Crippen LogP contribution < -0.4 is 0 Å². The molecule has 0 amide bonds. The number of nitrogens with zero attached hydrogens (tertiary/aromatic N) is 1. The summed E-state index contributed by atoms with van der Waals surface area (Å²) in [7, 11) is 3.79. The molecule has 170 valence electrons. The fourth-order valence-electron chi connectivity index (χ4n) is 4.12. The Morgan fingerprint density at radius 1 is 0.758 bits per heavy atom. The van der Waals surface area contributed by atoms with Crippen molar-refractivity contribution in [3.63, 3.8) is 0 Å². The molecule has 2 atom stereocenters. The van der Waals surface area contributed by atoms with Crippen LogP contribution in [0.2, 0.25) is 0 Å². The fourth-order valence-corrected chi connectivity index (χ4v) is 4.12. The highest BCUT2D eigenvalue weighted by molar-refractivity contribution is 5.94. The minimum atomic E-state index is -0.629. The maximum atomic E-state index is 13.9. The highest BCUT2D eigenvalue weighted by Crippen LogP contribution is 2.30. The number of carbonyl (C=O) groups is 1. The lowest BCUT2D eigenvalue weighted by molar-refractivity contribution is -0.141. The monoisotopic (exact) mass is 459 g/mol. The molecule has 3 nitrogen and oxygen atoms in total. The van der Waals surface area contributed by atoms with Gasteiger partial charge in [0.05, 0.1) is 12.5 Å². The van der Waals surface area contributed by atoms with Crippen molar-refractivity contribution >= 4 is 29.0 Å². The molecule has 4 aromatic rings. The molecule has 0 heterocycles. The minimum absolute atomic E-state index is 0. The first kappa shape index (κ1) is 24.7. The van der Waals surface area contributed by atoms with Gasteiger partial charge in [0.1, 0.15) is 0 Å². The summed E-state index contributed by atoms with van der Waals surface area (Å²) >= 11 is 0. The van der Waals surface area contributed by atoms with E-state index in [0.29, 0.717) is 6.61 Å². The van der Waals surface area contributed by atoms with Gasteiger partial charge >= 0.3 is 0 Å². The number of likely N-dealkylation sites (N-methyl/N-ethyl adjacent to an activating group) is 1. The Kier molecular flexibility index (Phi) is 8.79. The van der Waals surface area contributed by atoms with Gasteiger partial charge in [-0.1, -0.05) is 103 Å². The lowest BCUT2D eigenvalue weighted by Gasteiger charge is -2.28. The normalized spacial score (nSPS) is 12.8. The molecule has 4 aromatic carbocycles. The number of Topliss-reactive ketones (excluding diaryl/α,β-unsaturated/α-hetero) is 1. The number of halogens is 1. The average molecular weight is 460 g/mol. The van der Waals surface area contributed by atoms with Crippen molar-refractivity contribution in [2.75, 3.05) is 20.7 Å². The van der Waals surface area contributed by atoms with Crippen molar-refractivity contribution < 1.29 is 9.53 Å². The van der Waals surface area contributed by atoms with E-state index in [2.05, 4.69) is 42.5 Å². The molecule has 0 radical (unpaired) electrons. The summed E-state index contributed by atoms with van der Waals surface area (Å²) in [6, 6.07) is 34.7. The minimum Gasteiger partial charge on any atom is -0.355 e. The third-order valence-corrected chi connectivity index (χ3v) is 5.75. The first-order valence-electron chi connectivity index (χ1n) is 11.0. The predicted molar refractivity (Wildman–Crippen MR) is 138 cm³/mol. The average Bonchev–Trinajstić information content (AvgIpc) is 2.83. The number of rotatable bonds is 9. The summed E-state index contributed by atoms with van der Waals surface area (Å²) in [6.45, 7) is 0.484. The van der Waals surface area contributed by atoms with E-state index < -0.39 is 12.1 Å². The number of hydrogen-bond donors (Lipinski definition) is 0. The van der Waals surface area contributed by atoms with E-state index in [1.165, 1.54) is 10.9 Å². The van der Waals surface area contributed by atoms with Crippen LogP contribution in [0.25, 0.3) is 10.8 Å². The molecule has 4 rings (SSSR count). The van der Waals surface area contributed by atoms with E-state index in [-0.39, 0.29) is 18.2 Å². The Hall–Kier alpha value is -2.98. The van der Waals surface area contributed by atoms with E-state index in [0.717, 1.165) is 22.9 Å². The van der Waals surface area contributed by atoms with Gasteiger partial charge in [0.25, 0.3) is 0 Å². The van der Waals surface area contributed by atoms with Gasteiger partial charge in [-0.25, -0.2) is 0 Å². The van der Waals surface area contributed by atoms with Gasteiger partial charge in [0, 0.05) is 0 Å². The number of ketones is 1. The maximum absolute atomic E-state index is 13.9. The predicted octanol–water partition coefficient (Wildman–Crippen LogP) is 6.11. The molecule has 33 heavy (non-hydrogen) atoms. The van der Waals surface area contributed by atoms with E-state index >= 15 is 0 Å². The summed E-state index contributed by atoms with van der Waals surface area (Å²) in [5, 5.41) is 2.30. The molecule has 0 saturated carbocycles. The number of ether oxygens (including phenoxy) is 1. The fraction of sp³-hybridized carbons (Fsp3) is 0.207. The van der Waals surface area contributed by atoms with E-state index in [1.54, 1.807) is 0 Å². The van der Waals surface area contributed by atoms with Crippen LogP contribution in [0.4, 0.5) is 0 Å². The summed E-state index contributed by atoms with van der Waals surface area (Å²) in [5.41, 5.74) is 3.16. The number of benzene rings is 4. The van der Waals surface area contributed by atoms with Gasteiger partial charge in [-0.05, 0) is 48.0 Å². The molecule has 0 aliphatic heterocycles. The van der Waals surface area contributed by atoms with Gasteiger partial charge in [-0.15, -0.1) is 12.4 Å². The summed E-state index contributed by atoms with van der Waals surface area (Å²) in [6.07, 6.45) is 0.139. The van der Waals surface area contributed by atoms with Crippen LogP contribution in [-0.4, -0.2) is 37.6 Å². The second-order valence-corrected chi connectivity index (χ2v) is 8.28. The molecule has 2 unspecified atom stereocenters. The Bertz CT molecular complexity index is 1160. The lowest BCUT2D eigenvalue weighted by Crippen LogP contribution is -2.41. The molecule has 0 fully saturated rings. The van der Waals surface area contributed by atoms with E-state index in [9.17, 15) is 4.79 Å². The smallest absolute Gasteiger partial charge is 0.188 e. The van der Waals surface area contributed by atoms with Crippen LogP contribution in [0.3, 0.4) is 0 Å². The topological polar surface area (TPSA) is 29.5 Å². The quantitative estimate of drug-likeness (QED) is 0.283. The van der Waals surface area contributed by atoms with Crippen LogP contribution in [0.1, 0.15) is 22.6 Å². The third-order valence-electron chi connectivity index (χ3n) is 5.75. The van der Waals surface area contributed by atoms with Crippen LogP contribution in [0, 0.1) is 0 Å². The van der Waals surface area contributed by atoms with Crippen LogP contribution >= 0.6 is 12.4 Å². The third kappa shape index (κ3) is 6.08. The van der Waals surface area contributed by atoms with Crippen molar-refractivity contribution in [2.45, 2.75) is 18.6 Å². The van der Waals surface area contributed by atoms with Crippen LogP contribution in [0.5, 0.6) is 0 Å². The Labute approximate surface area is 202 Å². The van der Waals surface area contributed by atoms with Gasteiger partial charge in [-0.2, -0.15) is 0 Å². The summed E-state index contributed by atoms with van der Waals surface area (Å²) in [4.78, 5) is 15.8. The van der Waals surface area contributed by atoms with Crippen LogP contribution in [0.15, 0.2) is 103 Å².